The van der Waals surface area contributed by atoms with Crippen LogP contribution in [0.15, 0.2) is 6.20 Å². The molecule has 0 aliphatic heterocycles. The van der Waals surface area contributed by atoms with Crippen molar-refractivity contribution in [3.05, 3.63) is 16.7 Å². The highest BCUT2D eigenvalue weighted by Gasteiger charge is 2.25. The fourth-order valence-corrected chi connectivity index (χ4v) is 3.24. The van der Waals surface area contributed by atoms with Crippen molar-refractivity contribution < 1.29 is 0 Å². The van der Waals surface area contributed by atoms with Gasteiger partial charge in [0.2, 0.25) is 0 Å². The van der Waals surface area contributed by atoms with Gasteiger partial charge in [-0.1, -0.05) is 26.7 Å². The van der Waals surface area contributed by atoms with Gasteiger partial charge in [0.15, 0.2) is 4.77 Å². The van der Waals surface area contributed by atoms with Gasteiger partial charge in [0, 0.05) is 17.9 Å². The van der Waals surface area contributed by atoms with E-state index in [1.807, 2.05) is 0 Å². The summed E-state index contributed by atoms with van der Waals surface area (Å²) < 4.78 is 3.24. The molecule has 0 radical (unpaired) electrons. The molecule has 1 N–H and O–H groups in total. The molecule has 0 saturated heterocycles. The van der Waals surface area contributed by atoms with E-state index in [1.165, 1.54) is 31.4 Å². The van der Waals surface area contributed by atoms with E-state index in [0.29, 0.717) is 12.0 Å². The highest BCUT2D eigenvalue weighted by molar-refractivity contribution is 7.71. The summed E-state index contributed by atoms with van der Waals surface area (Å²) in [5.41, 5.74) is 1.35. The predicted octanol–water partition coefficient (Wildman–Crippen LogP) is 4.42. The molecule has 0 bridgehead atoms. The van der Waals surface area contributed by atoms with Crippen molar-refractivity contribution in [2.45, 2.75) is 58.4 Å². The second-order valence-corrected chi connectivity index (χ2v) is 5.72. The largest absolute Gasteiger partial charge is 0.337 e. The lowest BCUT2D eigenvalue weighted by Gasteiger charge is -2.24. The van der Waals surface area contributed by atoms with Crippen LogP contribution in [0.25, 0.3) is 0 Å². The third-order valence-electron chi connectivity index (χ3n) is 3.92. The van der Waals surface area contributed by atoms with Gasteiger partial charge in [-0.25, -0.2) is 0 Å². The molecule has 3 heteroatoms. The van der Waals surface area contributed by atoms with E-state index in [2.05, 4.69) is 36.5 Å². The molecular weight excluding hydrogens is 216 g/mol. The second-order valence-electron chi connectivity index (χ2n) is 5.33. The highest BCUT2D eigenvalue weighted by Crippen LogP contribution is 2.35. The van der Waals surface area contributed by atoms with E-state index < -0.39 is 0 Å². The molecule has 2 nitrogen and oxygen atoms in total. The number of nitrogens with zero attached hydrogens (tertiary/aromatic N) is 1. The van der Waals surface area contributed by atoms with E-state index in [0.717, 1.165) is 10.7 Å². The summed E-state index contributed by atoms with van der Waals surface area (Å²) in [5, 5.41) is 0. The molecule has 0 amide bonds. The summed E-state index contributed by atoms with van der Waals surface area (Å²) in [6, 6.07) is 0.554. The number of aromatic nitrogens is 2. The SMILES string of the molecule is CC(C)c1c[nH]c(=S)n1C(C)C1CCCC1. The van der Waals surface area contributed by atoms with Gasteiger partial charge in [-0.05, 0) is 43.8 Å². The molecular formula is C13H22N2S. The van der Waals surface area contributed by atoms with Gasteiger partial charge < -0.3 is 9.55 Å². The van der Waals surface area contributed by atoms with Crippen molar-refractivity contribution in [2.24, 2.45) is 5.92 Å². The number of H-pyrrole nitrogens is 1. The van der Waals surface area contributed by atoms with Crippen LogP contribution in [-0.4, -0.2) is 9.55 Å². The monoisotopic (exact) mass is 238 g/mol. The number of rotatable bonds is 3. The van der Waals surface area contributed by atoms with E-state index >= 15 is 0 Å². The van der Waals surface area contributed by atoms with Crippen LogP contribution in [0.4, 0.5) is 0 Å². The Hall–Kier alpha value is -0.570. The minimum Gasteiger partial charge on any atom is -0.337 e. The Morgan fingerprint density at radius 2 is 1.94 bits per heavy atom. The first kappa shape index (κ1) is 11.9. The average molecular weight is 238 g/mol. The third kappa shape index (κ3) is 2.10. The zero-order valence-electron chi connectivity index (χ0n) is 10.5. The van der Waals surface area contributed by atoms with Gasteiger partial charge in [0.1, 0.15) is 0 Å². The van der Waals surface area contributed by atoms with Crippen LogP contribution >= 0.6 is 12.2 Å². The molecule has 1 aromatic heterocycles. The Bertz CT molecular complexity index is 396. The molecule has 90 valence electrons. The summed E-state index contributed by atoms with van der Waals surface area (Å²) in [6.07, 6.45) is 7.60. The normalized spacial score (nSPS) is 19.5. The second kappa shape index (κ2) is 4.74. The van der Waals surface area contributed by atoms with Gasteiger partial charge in [-0.15, -0.1) is 0 Å². The van der Waals surface area contributed by atoms with E-state index in [-0.39, 0.29) is 0 Å². The predicted molar refractivity (Wildman–Crippen MR) is 70.4 cm³/mol. The lowest BCUT2D eigenvalue weighted by Crippen LogP contribution is -2.17. The molecule has 1 aliphatic rings. The van der Waals surface area contributed by atoms with E-state index in [1.54, 1.807) is 0 Å². The minimum absolute atomic E-state index is 0.539. The summed E-state index contributed by atoms with van der Waals surface area (Å²) in [6.45, 7) is 6.79. The Kier molecular flexibility index (Phi) is 3.53. The molecule has 1 saturated carbocycles. The third-order valence-corrected chi connectivity index (χ3v) is 4.24. The zero-order chi connectivity index (χ0) is 11.7. The molecule has 0 spiro atoms. The smallest absolute Gasteiger partial charge is 0.177 e. The number of hydrogen-bond donors (Lipinski definition) is 1. The van der Waals surface area contributed by atoms with Gasteiger partial charge in [0.25, 0.3) is 0 Å². The van der Waals surface area contributed by atoms with Gasteiger partial charge in [0.05, 0.1) is 0 Å². The zero-order valence-corrected chi connectivity index (χ0v) is 11.3. The quantitative estimate of drug-likeness (QED) is 0.773. The Balaban J connectivity index is 2.30. The standard InChI is InChI=1S/C13H22N2S/c1-9(2)12-8-14-13(16)15(12)10(3)11-6-4-5-7-11/h8-11H,4-7H2,1-3H3,(H,14,16). The van der Waals surface area contributed by atoms with Crippen LogP contribution in [0, 0.1) is 10.7 Å². The number of nitrogens with one attached hydrogen (secondary N) is 1. The highest BCUT2D eigenvalue weighted by atomic mass is 32.1. The van der Waals surface area contributed by atoms with E-state index in [9.17, 15) is 0 Å². The molecule has 1 fully saturated rings. The van der Waals surface area contributed by atoms with Crippen molar-refractivity contribution in [1.82, 2.24) is 9.55 Å². The summed E-state index contributed by atoms with van der Waals surface area (Å²) >= 11 is 5.41. The molecule has 1 heterocycles. The number of hydrogen-bond acceptors (Lipinski definition) is 1. The first-order valence-electron chi connectivity index (χ1n) is 6.41. The fourth-order valence-electron chi connectivity index (χ4n) is 2.91. The molecule has 16 heavy (non-hydrogen) atoms. The number of imidazole rings is 1. The molecule has 1 aliphatic carbocycles. The van der Waals surface area contributed by atoms with Crippen molar-refractivity contribution in [2.75, 3.05) is 0 Å². The Labute approximate surface area is 103 Å². The van der Waals surface area contributed by atoms with E-state index in [4.69, 9.17) is 12.2 Å². The van der Waals surface area contributed by atoms with Gasteiger partial charge >= 0.3 is 0 Å². The van der Waals surface area contributed by atoms with Crippen LogP contribution in [0.1, 0.15) is 64.1 Å². The van der Waals surface area contributed by atoms with Gasteiger partial charge in [-0.2, -0.15) is 0 Å². The summed E-state index contributed by atoms with van der Waals surface area (Å²) in [5.74, 6) is 1.36. The molecule has 2 rings (SSSR count). The van der Waals surface area contributed by atoms with Crippen molar-refractivity contribution >= 4 is 12.2 Å². The maximum Gasteiger partial charge on any atom is 0.177 e. The minimum atomic E-state index is 0.539. The van der Waals surface area contributed by atoms with Crippen LogP contribution in [0.5, 0.6) is 0 Å². The van der Waals surface area contributed by atoms with Crippen LogP contribution in [-0.2, 0) is 0 Å². The Morgan fingerprint density at radius 1 is 1.31 bits per heavy atom. The van der Waals surface area contributed by atoms with Crippen molar-refractivity contribution in [3.63, 3.8) is 0 Å². The lowest BCUT2D eigenvalue weighted by molar-refractivity contribution is 0.348. The van der Waals surface area contributed by atoms with Crippen LogP contribution in [0.3, 0.4) is 0 Å². The molecule has 1 aromatic rings. The Morgan fingerprint density at radius 3 is 2.50 bits per heavy atom. The number of aromatic amines is 1. The molecule has 1 atom stereocenters. The topological polar surface area (TPSA) is 20.7 Å². The summed E-state index contributed by atoms with van der Waals surface area (Å²) in [4.78, 5) is 3.20. The molecule has 0 aromatic carbocycles. The molecule has 1 unspecified atom stereocenters. The van der Waals surface area contributed by atoms with Gasteiger partial charge in [-0.3, -0.25) is 0 Å². The van der Waals surface area contributed by atoms with Crippen molar-refractivity contribution in [1.29, 1.82) is 0 Å². The maximum atomic E-state index is 5.41. The van der Waals surface area contributed by atoms with Crippen LogP contribution < -0.4 is 0 Å². The first-order chi connectivity index (χ1) is 7.61. The van der Waals surface area contributed by atoms with Crippen LogP contribution in [0.2, 0.25) is 0 Å². The average Bonchev–Trinajstić information content (AvgIpc) is 2.84. The fraction of sp³-hybridized carbons (Fsp3) is 0.769. The van der Waals surface area contributed by atoms with Crippen molar-refractivity contribution in [3.8, 4) is 0 Å². The maximum absolute atomic E-state index is 5.41. The lowest BCUT2D eigenvalue weighted by atomic mass is 9.98. The first-order valence-corrected chi connectivity index (χ1v) is 6.82. The summed E-state index contributed by atoms with van der Waals surface area (Å²) in [7, 11) is 0.